The number of aliphatic hydroxyl groups excluding tert-OH is 2. The SMILES string of the molecule is CCCN(CCC)C(=O)c1cc(C)cc(C(=O)N[C@H](Cc2ccccc2)[C@@H](O)[C@H](O)[C@H](CC#N)NC(C)=O)c1. The highest BCUT2D eigenvalue weighted by Gasteiger charge is 2.34. The number of nitrogens with one attached hydrogen (secondary N) is 2. The maximum Gasteiger partial charge on any atom is 0.253 e. The number of benzene rings is 2. The van der Waals surface area contributed by atoms with Gasteiger partial charge in [-0.2, -0.15) is 5.26 Å². The zero-order valence-electron chi connectivity index (χ0n) is 23.2. The van der Waals surface area contributed by atoms with E-state index in [0.717, 1.165) is 24.0 Å². The fraction of sp³-hybridized carbons (Fsp3) is 0.467. The molecule has 0 saturated carbocycles. The van der Waals surface area contributed by atoms with Gasteiger partial charge in [-0.1, -0.05) is 44.2 Å². The summed E-state index contributed by atoms with van der Waals surface area (Å²) in [5.74, 6) is -1.13. The third kappa shape index (κ3) is 9.50. The summed E-state index contributed by atoms with van der Waals surface area (Å²) in [6.45, 7) is 8.30. The molecule has 210 valence electrons. The molecule has 0 radical (unpaired) electrons. The molecular weight excluding hydrogens is 496 g/mol. The molecule has 2 rings (SSSR count). The van der Waals surface area contributed by atoms with Gasteiger partial charge in [-0.15, -0.1) is 0 Å². The van der Waals surface area contributed by atoms with Crippen LogP contribution >= 0.6 is 0 Å². The first-order chi connectivity index (χ1) is 18.6. The Morgan fingerprint density at radius 2 is 1.51 bits per heavy atom. The van der Waals surface area contributed by atoms with Crippen molar-refractivity contribution in [1.29, 1.82) is 5.26 Å². The predicted octanol–water partition coefficient (Wildman–Crippen LogP) is 2.74. The smallest absolute Gasteiger partial charge is 0.253 e. The van der Waals surface area contributed by atoms with Crippen molar-refractivity contribution in [2.24, 2.45) is 0 Å². The van der Waals surface area contributed by atoms with Crippen molar-refractivity contribution in [3.05, 3.63) is 70.8 Å². The summed E-state index contributed by atoms with van der Waals surface area (Å²) in [5.41, 5.74) is 2.20. The molecule has 0 aliphatic carbocycles. The molecule has 0 aliphatic rings. The van der Waals surface area contributed by atoms with E-state index in [4.69, 9.17) is 5.26 Å². The molecule has 0 fully saturated rings. The quantitative estimate of drug-likeness (QED) is 0.292. The lowest BCUT2D eigenvalue weighted by atomic mass is 9.92. The lowest BCUT2D eigenvalue weighted by Crippen LogP contribution is -2.56. The van der Waals surface area contributed by atoms with Gasteiger partial charge in [0.1, 0.15) is 12.2 Å². The molecule has 9 nitrogen and oxygen atoms in total. The Kier molecular flexibility index (Phi) is 12.6. The topological polar surface area (TPSA) is 143 Å². The van der Waals surface area contributed by atoms with Crippen LogP contribution in [0.5, 0.6) is 0 Å². The second-order valence-electron chi connectivity index (χ2n) is 9.80. The molecule has 4 atom stereocenters. The highest BCUT2D eigenvalue weighted by Crippen LogP contribution is 2.17. The first-order valence-corrected chi connectivity index (χ1v) is 13.4. The molecule has 3 amide bonds. The van der Waals surface area contributed by atoms with Crippen LogP contribution in [-0.2, 0) is 11.2 Å². The van der Waals surface area contributed by atoms with Crippen LogP contribution in [-0.4, -0.2) is 70.2 Å². The Hall–Kier alpha value is -3.74. The minimum atomic E-state index is -1.52. The second-order valence-corrected chi connectivity index (χ2v) is 9.80. The van der Waals surface area contributed by atoms with E-state index < -0.39 is 36.1 Å². The van der Waals surface area contributed by atoms with Gasteiger partial charge < -0.3 is 25.7 Å². The standard InChI is InChI=1S/C30H40N4O5/c1-5-14-34(15-6-2)30(39)24-17-20(3)16-23(19-24)29(38)33-26(18-22-10-8-7-9-11-22)28(37)27(36)25(12-13-31)32-21(4)35/h7-11,16-17,19,25-28,36-37H,5-6,12,14-15,18H2,1-4H3,(H,32,35)(H,33,38)/t25-,26+,27+,28+/m0/s1. The van der Waals surface area contributed by atoms with Crippen molar-refractivity contribution in [3.63, 3.8) is 0 Å². The van der Waals surface area contributed by atoms with Gasteiger partial charge in [0.05, 0.1) is 24.6 Å². The average molecular weight is 537 g/mol. The summed E-state index contributed by atoms with van der Waals surface area (Å²) in [6, 6.07) is 14.0. The Bertz CT molecular complexity index is 1140. The predicted molar refractivity (Wildman–Crippen MR) is 149 cm³/mol. The van der Waals surface area contributed by atoms with Gasteiger partial charge in [0, 0.05) is 31.1 Å². The fourth-order valence-corrected chi connectivity index (χ4v) is 4.54. The Balaban J connectivity index is 2.37. The number of aryl methyl sites for hydroxylation is 1. The molecule has 2 aromatic rings. The normalized spacial score (nSPS) is 13.9. The van der Waals surface area contributed by atoms with Crippen molar-refractivity contribution in [1.82, 2.24) is 15.5 Å². The minimum absolute atomic E-state index is 0.151. The van der Waals surface area contributed by atoms with Crippen LogP contribution in [0.4, 0.5) is 0 Å². The molecule has 0 aromatic heterocycles. The molecular formula is C30H40N4O5. The lowest BCUT2D eigenvalue weighted by molar-refractivity contribution is -0.121. The van der Waals surface area contributed by atoms with E-state index in [2.05, 4.69) is 10.6 Å². The number of amides is 3. The molecule has 4 N–H and O–H groups in total. The first-order valence-electron chi connectivity index (χ1n) is 13.4. The van der Waals surface area contributed by atoms with Gasteiger partial charge in [0.25, 0.3) is 11.8 Å². The summed E-state index contributed by atoms with van der Waals surface area (Å²) >= 11 is 0. The van der Waals surface area contributed by atoms with Crippen LogP contribution in [0.1, 0.15) is 71.9 Å². The van der Waals surface area contributed by atoms with E-state index in [1.807, 2.05) is 50.2 Å². The summed E-state index contributed by atoms with van der Waals surface area (Å²) in [4.78, 5) is 40.0. The van der Waals surface area contributed by atoms with Crippen LogP contribution in [0.3, 0.4) is 0 Å². The third-order valence-corrected chi connectivity index (χ3v) is 6.35. The molecule has 0 unspecified atom stereocenters. The van der Waals surface area contributed by atoms with Gasteiger partial charge in [-0.25, -0.2) is 0 Å². The molecule has 0 aliphatic heterocycles. The summed E-state index contributed by atoms with van der Waals surface area (Å²) in [6.07, 6.45) is -1.43. The highest BCUT2D eigenvalue weighted by molar-refractivity contribution is 6.00. The van der Waals surface area contributed by atoms with Gasteiger partial charge in [0.15, 0.2) is 0 Å². The summed E-state index contributed by atoms with van der Waals surface area (Å²) in [5, 5.41) is 36.5. The van der Waals surface area contributed by atoms with E-state index in [-0.39, 0.29) is 24.3 Å². The number of hydrogen-bond acceptors (Lipinski definition) is 6. The van der Waals surface area contributed by atoms with Crippen LogP contribution < -0.4 is 10.6 Å². The van der Waals surface area contributed by atoms with Crippen LogP contribution in [0, 0.1) is 18.3 Å². The van der Waals surface area contributed by atoms with Gasteiger partial charge in [-0.3, -0.25) is 14.4 Å². The number of carbonyl (C=O) groups is 3. The third-order valence-electron chi connectivity index (χ3n) is 6.35. The van der Waals surface area contributed by atoms with Gasteiger partial charge in [0.2, 0.25) is 5.91 Å². The van der Waals surface area contributed by atoms with E-state index in [1.54, 1.807) is 30.0 Å². The number of nitriles is 1. The Labute approximate surface area is 230 Å². The maximum absolute atomic E-state index is 13.4. The monoisotopic (exact) mass is 536 g/mol. The molecule has 2 aromatic carbocycles. The van der Waals surface area contributed by atoms with Gasteiger partial charge in [-0.05, 0) is 55.5 Å². The van der Waals surface area contributed by atoms with Crippen molar-refractivity contribution in [2.75, 3.05) is 13.1 Å². The highest BCUT2D eigenvalue weighted by atomic mass is 16.3. The van der Waals surface area contributed by atoms with Crippen molar-refractivity contribution < 1.29 is 24.6 Å². The second kappa shape index (κ2) is 15.6. The van der Waals surface area contributed by atoms with Crippen molar-refractivity contribution in [3.8, 4) is 6.07 Å². The molecule has 39 heavy (non-hydrogen) atoms. The van der Waals surface area contributed by atoms with E-state index in [9.17, 15) is 24.6 Å². The minimum Gasteiger partial charge on any atom is -0.388 e. The fourth-order valence-electron chi connectivity index (χ4n) is 4.54. The molecule has 0 bridgehead atoms. The van der Waals surface area contributed by atoms with Crippen molar-refractivity contribution >= 4 is 17.7 Å². The van der Waals surface area contributed by atoms with Crippen LogP contribution in [0.15, 0.2) is 48.5 Å². The average Bonchev–Trinajstić information content (AvgIpc) is 2.91. The molecule has 0 heterocycles. The van der Waals surface area contributed by atoms with E-state index in [0.29, 0.717) is 18.7 Å². The summed E-state index contributed by atoms with van der Waals surface area (Å²) in [7, 11) is 0. The summed E-state index contributed by atoms with van der Waals surface area (Å²) < 4.78 is 0. The molecule has 0 spiro atoms. The molecule has 9 heteroatoms. The molecule has 0 saturated heterocycles. The maximum atomic E-state index is 13.4. The zero-order chi connectivity index (χ0) is 28.9. The van der Waals surface area contributed by atoms with Gasteiger partial charge >= 0.3 is 0 Å². The van der Waals surface area contributed by atoms with Crippen LogP contribution in [0.2, 0.25) is 0 Å². The Morgan fingerprint density at radius 1 is 0.923 bits per heavy atom. The number of carbonyl (C=O) groups excluding carboxylic acids is 3. The number of hydrogen-bond donors (Lipinski definition) is 4. The Morgan fingerprint density at radius 3 is 2.08 bits per heavy atom. The largest absolute Gasteiger partial charge is 0.388 e. The van der Waals surface area contributed by atoms with Crippen molar-refractivity contribution in [2.45, 2.75) is 77.7 Å². The van der Waals surface area contributed by atoms with Crippen LogP contribution in [0.25, 0.3) is 0 Å². The van der Waals surface area contributed by atoms with E-state index in [1.165, 1.54) is 6.92 Å². The number of nitrogens with zero attached hydrogens (tertiary/aromatic N) is 2. The number of aliphatic hydroxyl groups is 2. The zero-order valence-corrected chi connectivity index (χ0v) is 23.2. The first kappa shape index (κ1) is 31.5. The number of rotatable bonds is 14. The lowest BCUT2D eigenvalue weighted by Gasteiger charge is -2.32. The van der Waals surface area contributed by atoms with E-state index >= 15 is 0 Å².